The highest BCUT2D eigenvalue weighted by molar-refractivity contribution is 7.10. The monoisotopic (exact) mass is 1090 g/mol. The van der Waals surface area contributed by atoms with Gasteiger partial charge in [0.25, 0.3) is 0 Å². The molecule has 76 heavy (non-hydrogen) atoms. The lowest BCUT2D eigenvalue weighted by Crippen LogP contribution is -2.55. The number of nitrogens with one attached hydrogen (secondary N) is 3. The fourth-order valence-corrected chi connectivity index (χ4v) is 13.7. The molecule has 1 saturated carbocycles. The molecule has 420 valence electrons. The third-order valence-corrected chi connectivity index (χ3v) is 22.2. The lowest BCUT2D eigenvalue weighted by Gasteiger charge is -2.44. The van der Waals surface area contributed by atoms with Gasteiger partial charge in [0.2, 0.25) is 17.6 Å². The maximum atomic E-state index is 14.2. The van der Waals surface area contributed by atoms with E-state index in [4.69, 9.17) is 33.1 Å². The summed E-state index contributed by atoms with van der Waals surface area (Å²) in [6, 6.07) is 5.75. The Morgan fingerprint density at radius 3 is 2.46 bits per heavy atom. The summed E-state index contributed by atoms with van der Waals surface area (Å²) in [7, 11) is -0.311. The molecule has 3 N–H and O–H groups in total. The second-order valence-electron chi connectivity index (χ2n) is 23.4. The minimum Gasteiger partial charge on any atom is -0.491 e. The number of likely N-dealkylation sites (N-methyl/N-ethyl adjacent to an activating group) is 1. The number of cyclic esters (lactones) is 1. The number of fused-ring (bicyclic) bond motifs is 1. The Labute approximate surface area is 456 Å². The molecule has 3 amide bonds. The predicted octanol–water partition coefficient (Wildman–Crippen LogP) is 9.50. The molecule has 18 heteroatoms. The number of ketones is 1. The van der Waals surface area contributed by atoms with Crippen LogP contribution in [0.25, 0.3) is 0 Å². The van der Waals surface area contributed by atoms with Gasteiger partial charge < -0.3 is 49.0 Å². The predicted molar refractivity (Wildman–Crippen MR) is 296 cm³/mol. The second kappa shape index (κ2) is 27.4. The highest BCUT2D eigenvalue weighted by Gasteiger charge is 2.45. The number of benzene rings is 1. The summed E-state index contributed by atoms with van der Waals surface area (Å²) in [5.41, 5.74) is 1.98. The van der Waals surface area contributed by atoms with E-state index in [2.05, 4.69) is 81.9 Å². The number of hydrogen-bond donors (Lipinski definition) is 3. The van der Waals surface area contributed by atoms with Gasteiger partial charge in [-0.25, -0.2) is 9.78 Å². The van der Waals surface area contributed by atoms with Crippen LogP contribution < -0.4 is 20.7 Å². The lowest BCUT2D eigenvalue weighted by molar-refractivity contribution is -0.160. The number of carbonyl (C=O) groups is 5. The topological polar surface area (TPSA) is 193 Å². The first-order valence-corrected chi connectivity index (χ1v) is 32.0. The number of carbonyl (C=O) groups excluding carboxylic acids is 5. The third-order valence-electron chi connectivity index (χ3n) is 16.7. The second-order valence-corrected chi connectivity index (χ2v) is 29.0. The Hall–Kier alpha value is -4.46. The molecule has 2 saturated heterocycles. The van der Waals surface area contributed by atoms with Gasteiger partial charge in [-0.15, -0.1) is 11.3 Å². The first kappa shape index (κ1) is 59.2. The van der Waals surface area contributed by atoms with Gasteiger partial charge in [0.15, 0.2) is 8.32 Å². The number of nitrogens with zero attached hydrogens (tertiary/aromatic N) is 2. The molecule has 5 aliphatic rings. The van der Waals surface area contributed by atoms with Crippen LogP contribution in [-0.2, 0) is 37.8 Å². The van der Waals surface area contributed by atoms with E-state index in [9.17, 15) is 24.0 Å². The van der Waals surface area contributed by atoms with E-state index in [0.717, 1.165) is 69.2 Å². The first-order chi connectivity index (χ1) is 36.3. The molecule has 0 radical (unpaired) electrons. The number of hydrogen-bond acceptors (Lipinski definition) is 14. The van der Waals surface area contributed by atoms with Gasteiger partial charge in [0.1, 0.15) is 41.3 Å². The van der Waals surface area contributed by atoms with Crippen molar-refractivity contribution < 1.29 is 52.1 Å². The summed E-state index contributed by atoms with van der Waals surface area (Å²) in [5, 5.41) is 11.5. The molecule has 2 aromatic rings. The van der Waals surface area contributed by atoms with Crippen molar-refractivity contribution in [1.29, 1.82) is 0 Å². The Kier molecular flexibility index (Phi) is 21.4. The van der Waals surface area contributed by atoms with Crippen LogP contribution in [0.3, 0.4) is 0 Å². The molecule has 7 rings (SSSR count). The molecule has 10 atom stereocenters. The van der Waals surface area contributed by atoms with Crippen molar-refractivity contribution in [2.45, 2.75) is 173 Å². The molecular formula is C58H87N5O11SSi. The maximum absolute atomic E-state index is 14.2. The van der Waals surface area contributed by atoms with Gasteiger partial charge in [-0.05, 0) is 118 Å². The SMILES string of the molecule is CN[C@@H](C)C(=O)N[C@H](C(=O)N1CCC[C@@H]1c1nc(C(=O)c2cccc(OCCOCCOCCNC(=O)O[C@H]3C[C@@H](C)C=C4C=C[C@H](C)[C@H](CC[C@@H]5C[C@@H](O[Si](C)(C)C(C)(C)C)CC(=O)O5)[C@H]43)c2)cs1)C1CCCCC1. The number of aromatic nitrogens is 1. The molecule has 1 aromatic heterocycles. The van der Waals surface area contributed by atoms with Crippen molar-refractivity contribution >= 4 is 49.3 Å². The van der Waals surface area contributed by atoms with Crippen molar-refractivity contribution in [3.63, 3.8) is 0 Å². The molecular weight excluding hydrogens is 1000 g/mol. The Bertz CT molecular complexity index is 2350. The van der Waals surface area contributed by atoms with E-state index in [1.807, 2.05) is 4.90 Å². The van der Waals surface area contributed by atoms with Crippen molar-refractivity contribution in [3.8, 4) is 5.75 Å². The van der Waals surface area contributed by atoms with Crippen LogP contribution in [-0.4, -0.2) is 131 Å². The summed E-state index contributed by atoms with van der Waals surface area (Å²) >= 11 is 1.39. The van der Waals surface area contributed by atoms with E-state index in [-0.39, 0.29) is 95.7 Å². The molecule has 3 heterocycles. The number of allylic oxidation sites excluding steroid dienone is 3. The van der Waals surface area contributed by atoms with Gasteiger partial charge in [-0.2, -0.15) is 0 Å². The van der Waals surface area contributed by atoms with E-state index in [1.165, 1.54) is 16.9 Å². The van der Waals surface area contributed by atoms with Gasteiger partial charge >= 0.3 is 12.1 Å². The van der Waals surface area contributed by atoms with Crippen LogP contribution in [0.4, 0.5) is 4.79 Å². The number of esters is 1. The zero-order valence-electron chi connectivity index (χ0n) is 46.7. The van der Waals surface area contributed by atoms with Crippen LogP contribution >= 0.6 is 11.3 Å². The number of thiazole rings is 1. The van der Waals surface area contributed by atoms with Crippen LogP contribution in [0.2, 0.25) is 18.1 Å². The normalized spacial score (nSPS) is 25.9. The largest absolute Gasteiger partial charge is 0.491 e. The third kappa shape index (κ3) is 15.9. The van der Waals surface area contributed by atoms with E-state index < -0.39 is 26.5 Å². The lowest BCUT2D eigenvalue weighted by atomic mass is 9.65. The molecule has 1 aromatic carbocycles. The molecule has 0 spiro atoms. The first-order valence-electron chi connectivity index (χ1n) is 28.2. The molecule has 3 fully saturated rings. The number of rotatable bonds is 24. The van der Waals surface area contributed by atoms with Crippen LogP contribution in [0.1, 0.15) is 146 Å². The zero-order chi connectivity index (χ0) is 54.6. The van der Waals surface area contributed by atoms with E-state index in [1.54, 1.807) is 43.6 Å². The Balaban J connectivity index is 0.798. The molecule has 0 bridgehead atoms. The number of likely N-dealkylation sites (tertiary alicyclic amines) is 1. The van der Waals surface area contributed by atoms with Crippen LogP contribution in [0.5, 0.6) is 5.75 Å². The quantitative estimate of drug-likeness (QED) is 0.0390. The van der Waals surface area contributed by atoms with E-state index >= 15 is 0 Å². The van der Waals surface area contributed by atoms with Gasteiger partial charge in [-0.1, -0.05) is 84.2 Å². The fourth-order valence-electron chi connectivity index (χ4n) is 11.4. The minimum absolute atomic E-state index is 0.0522. The minimum atomic E-state index is -2.05. The summed E-state index contributed by atoms with van der Waals surface area (Å²) in [6.45, 7) is 19.7. The number of amides is 3. The Morgan fingerprint density at radius 2 is 1.71 bits per heavy atom. The average Bonchev–Trinajstić information content (AvgIpc) is 4.10. The summed E-state index contributed by atoms with van der Waals surface area (Å²) < 4.78 is 36.2. The van der Waals surface area contributed by atoms with Crippen molar-refractivity contribution in [1.82, 2.24) is 25.8 Å². The molecule has 16 nitrogen and oxygen atoms in total. The smallest absolute Gasteiger partial charge is 0.407 e. The van der Waals surface area contributed by atoms with Gasteiger partial charge in [0.05, 0.1) is 51.0 Å². The highest BCUT2D eigenvalue weighted by atomic mass is 32.1. The summed E-state index contributed by atoms with van der Waals surface area (Å²) in [4.78, 5) is 73.6. The molecule has 0 unspecified atom stereocenters. The standard InChI is InChI=1S/C58H87N5O11SSi/c1-37-31-41-21-20-38(2)46(23-22-44-34-45(35-50(64)72-44)74-76(8,9)58(4,5)6)51(41)49(32-37)73-57(68)60-24-26-69-27-28-70-29-30-71-43-18-13-17-42(33-43)53(65)47-36-75-55(61-47)48-19-14-25-63(48)56(67)52(40-15-11-10-12-16-40)62-54(66)39(3)59-7/h13,17-18,20-21,31,33,36-40,44-46,48-49,51-52,59H,10-12,14-16,19,22-30,32,34-35H2,1-9H3,(H,60,68)(H,62,66)/t37-,38-,39-,44+,45+,46-,48+,49-,51-,52-/m0/s1. The van der Waals surface area contributed by atoms with Crippen molar-refractivity contribution in [2.24, 2.45) is 29.6 Å². The number of ether oxygens (including phenoxy) is 5. The highest BCUT2D eigenvalue weighted by Crippen LogP contribution is 2.46. The van der Waals surface area contributed by atoms with Crippen molar-refractivity contribution in [3.05, 3.63) is 69.7 Å². The summed E-state index contributed by atoms with van der Waals surface area (Å²) in [5.74, 6) is 0.775. The molecule has 2 aliphatic heterocycles. The van der Waals surface area contributed by atoms with E-state index in [0.29, 0.717) is 62.8 Å². The van der Waals surface area contributed by atoms with Gasteiger partial charge in [-0.3, -0.25) is 19.2 Å². The number of alkyl carbamates (subject to hydrolysis) is 1. The fraction of sp³-hybridized carbons (Fsp3) is 0.690. The van der Waals surface area contributed by atoms with Crippen molar-refractivity contribution in [2.75, 3.05) is 53.2 Å². The summed E-state index contributed by atoms with van der Waals surface area (Å²) in [6.07, 6.45) is 15.7. The molecule has 3 aliphatic carbocycles. The van der Waals surface area contributed by atoms with Crippen LogP contribution in [0.15, 0.2) is 53.4 Å². The van der Waals surface area contributed by atoms with Crippen LogP contribution in [0, 0.1) is 29.6 Å². The Morgan fingerprint density at radius 1 is 0.961 bits per heavy atom. The maximum Gasteiger partial charge on any atom is 0.407 e. The average molecular weight is 1090 g/mol. The zero-order valence-corrected chi connectivity index (χ0v) is 48.5. The van der Waals surface area contributed by atoms with Gasteiger partial charge in [0, 0.05) is 36.4 Å².